The Hall–Kier alpha value is -2.87. The number of rotatable bonds is 7. The molecule has 2 unspecified atom stereocenters. The van der Waals surface area contributed by atoms with E-state index in [1.54, 1.807) is 11.9 Å². The highest BCUT2D eigenvalue weighted by Gasteiger charge is 2.25. The Bertz CT molecular complexity index is 1090. The Balaban J connectivity index is 1.61. The fourth-order valence-corrected chi connectivity index (χ4v) is 4.48. The zero-order chi connectivity index (χ0) is 22.9. The lowest BCUT2D eigenvalue weighted by Gasteiger charge is -2.18. The van der Waals surface area contributed by atoms with Gasteiger partial charge in [0, 0.05) is 23.6 Å². The molecule has 0 aromatic carbocycles. The lowest BCUT2D eigenvalue weighted by atomic mass is 10.0. The van der Waals surface area contributed by atoms with E-state index in [9.17, 15) is 9.59 Å². The number of thiazole rings is 1. The summed E-state index contributed by atoms with van der Waals surface area (Å²) < 4.78 is 11.1. The minimum absolute atomic E-state index is 0.0618. The van der Waals surface area contributed by atoms with Crippen molar-refractivity contribution in [2.24, 2.45) is 0 Å². The Morgan fingerprint density at radius 3 is 2.10 bits per heavy atom. The molecule has 2 amide bonds. The molecule has 3 heterocycles. The first-order chi connectivity index (χ1) is 14.6. The van der Waals surface area contributed by atoms with Crippen molar-refractivity contribution in [2.45, 2.75) is 59.9 Å². The van der Waals surface area contributed by atoms with E-state index in [4.69, 9.17) is 8.83 Å². The molecule has 0 saturated heterocycles. The molecule has 0 saturated carbocycles. The van der Waals surface area contributed by atoms with Crippen LogP contribution in [0.15, 0.2) is 26.3 Å². The van der Waals surface area contributed by atoms with E-state index in [1.807, 2.05) is 59.1 Å². The van der Waals surface area contributed by atoms with E-state index in [-0.39, 0.29) is 23.7 Å². The van der Waals surface area contributed by atoms with E-state index in [0.29, 0.717) is 17.4 Å². The summed E-state index contributed by atoms with van der Waals surface area (Å²) in [6, 6.07) is 3.80. The molecular formula is C23H29N3O4S. The van der Waals surface area contributed by atoms with Crippen LogP contribution < -0.4 is 10.2 Å². The third-order valence-corrected chi connectivity index (χ3v) is 6.42. The largest absolute Gasteiger partial charge is 0.466 e. The lowest BCUT2D eigenvalue weighted by molar-refractivity contribution is -0.122. The quantitative estimate of drug-likeness (QED) is 0.569. The molecule has 0 aliphatic heterocycles. The highest BCUT2D eigenvalue weighted by Crippen LogP contribution is 2.28. The second-order valence-electron chi connectivity index (χ2n) is 7.92. The van der Waals surface area contributed by atoms with Gasteiger partial charge in [-0.2, -0.15) is 0 Å². The fraction of sp³-hybridized carbons (Fsp3) is 0.435. The van der Waals surface area contributed by atoms with E-state index < -0.39 is 0 Å². The normalized spacial score (nSPS) is 13.1. The van der Waals surface area contributed by atoms with Crippen LogP contribution in [0.2, 0.25) is 0 Å². The van der Waals surface area contributed by atoms with Gasteiger partial charge in [0.2, 0.25) is 11.8 Å². The fourth-order valence-electron chi connectivity index (χ4n) is 3.68. The summed E-state index contributed by atoms with van der Waals surface area (Å²) in [6.07, 6.45) is 0. The smallest absolute Gasteiger partial charge is 0.235 e. The number of carbonyl (C=O) groups is 2. The van der Waals surface area contributed by atoms with Crippen LogP contribution in [0, 0.1) is 27.7 Å². The van der Waals surface area contributed by atoms with E-state index >= 15 is 0 Å². The van der Waals surface area contributed by atoms with E-state index in [1.165, 1.54) is 11.3 Å². The molecule has 1 N–H and O–H groups in total. The molecule has 0 spiro atoms. The summed E-state index contributed by atoms with van der Waals surface area (Å²) >= 11 is 1.37. The number of anilines is 1. The number of aromatic nitrogens is 1. The third kappa shape index (κ3) is 4.90. The summed E-state index contributed by atoms with van der Waals surface area (Å²) in [6.45, 7) is 11.5. The van der Waals surface area contributed by atoms with Gasteiger partial charge in [0.05, 0.1) is 24.1 Å². The van der Waals surface area contributed by atoms with Gasteiger partial charge < -0.3 is 14.2 Å². The second-order valence-corrected chi connectivity index (χ2v) is 8.75. The van der Waals surface area contributed by atoms with Crippen LogP contribution in [-0.4, -0.2) is 23.8 Å². The zero-order valence-corrected chi connectivity index (χ0v) is 19.8. The highest BCUT2D eigenvalue weighted by atomic mass is 32.1. The maximum absolute atomic E-state index is 12.9. The molecule has 0 aliphatic carbocycles. The van der Waals surface area contributed by atoms with Crippen molar-refractivity contribution in [1.82, 2.24) is 10.3 Å². The molecule has 7 nitrogen and oxygen atoms in total. The standard InChI is InChI=1S/C23H29N3O4S/c1-12-8-19(16(5)29-12)14(3)21(27)24-10-18-11-31-23(25-18)26(7)22(28)15(4)20-9-13(2)30-17(20)6/h8-9,11,14-15H,10H2,1-7H3,(H,24,27). The average molecular weight is 444 g/mol. The number of likely N-dealkylation sites (N-methyl/N-ethyl adjacent to an activating group) is 1. The first-order valence-corrected chi connectivity index (χ1v) is 11.1. The molecule has 0 bridgehead atoms. The zero-order valence-electron chi connectivity index (χ0n) is 19.0. The van der Waals surface area contributed by atoms with Gasteiger partial charge in [-0.15, -0.1) is 11.3 Å². The maximum atomic E-state index is 12.9. The number of furan rings is 2. The molecule has 0 aliphatic rings. The van der Waals surface area contributed by atoms with Crippen LogP contribution in [0.5, 0.6) is 0 Å². The van der Waals surface area contributed by atoms with Gasteiger partial charge in [0.1, 0.15) is 23.0 Å². The maximum Gasteiger partial charge on any atom is 0.235 e. The van der Waals surface area contributed by atoms with Crippen LogP contribution in [0.3, 0.4) is 0 Å². The highest BCUT2D eigenvalue weighted by molar-refractivity contribution is 7.14. The summed E-state index contributed by atoms with van der Waals surface area (Å²) in [5, 5.41) is 5.37. The van der Waals surface area contributed by atoms with Crippen LogP contribution in [0.1, 0.15) is 65.5 Å². The SMILES string of the molecule is Cc1cc(C(C)C(=O)NCc2csc(N(C)C(=O)C(C)c3cc(C)oc3C)n2)c(C)o1. The van der Waals surface area contributed by atoms with Gasteiger partial charge in [-0.1, -0.05) is 0 Å². The molecule has 0 fully saturated rings. The summed E-state index contributed by atoms with van der Waals surface area (Å²) in [5.41, 5.74) is 2.48. The Labute approximate surface area is 186 Å². The van der Waals surface area contributed by atoms with Crippen molar-refractivity contribution in [1.29, 1.82) is 0 Å². The van der Waals surface area contributed by atoms with Crippen molar-refractivity contribution in [3.63, 3.8) is 0 Å². The number of aryl methyl sites for hydroxylation is 4. The van der Waals surface area contributed by atoms with Gasteiger partial charge in [0.25, 0.3) is 0 Å². The summed E-state index contributed by atoms with van der Waals surface area (Å²) in [5.74, 6) is 2.28. The predicted octanol–water partition coefficient (Wildman–Crippen LogP) is 4.75. The third-order valence-electron chi connectivity index (χ3n) is 5.46. The lowest BCUT2D eigenvalue weighted by Crippen LogP contribution is -2.31. The molecule has 3 aromatic rings. The molecular weight excluding hydrogens is 414 g/mol. The first-order valence-electron chi connectivity index (χ1n) is 10.2. The molecule has 8 heteroatoms. The molecule has 3 aromatic heterocycles. The van der Waals surface area contributed by atoms with Crippen molar-refractivity contribution in [3.8, 4) is 0 Å². The topological polar surface area (TPSA) is 88.6 Å². The van der Waals surface area contributed by atoms with Crippen LogP contribution in [0.25, 0.3) is 0 Å². The number of nitrogens with zero attached hydrogens (tertiary/aromatic N) is 2. The second kappa shape index (κ2) is 9.09. The average Bonchev–Trinajstić information content (AvgIpc) is 3.42. The van der Waals surface area contributed by atoms with Crippen molar-refractivity contribution in [3.05, 3.63) is 57.4 Å². The van der Waals surface area contributed by atoms with Gasteiger partial charge in [-0.3, -0.25) is 14.5 Å². The minimum Gasteiger partial charge on any atom is -0.466 e. The predicted molar refractivity (Wildman–Crippen MR) is 121 cm³/mol. The van der Waals surface area contributed by atoms with Crippen molar-refractivity contribution in [2.75, 3.05) is 11.9 Å². The van der Waals surface area contributed by atoms with Gasteiger partial charge >= 0.3 is 0 Å². The monoisotopic (exact) mass is 443 g/mol. The number of hydrogen-bond acceptors (Lipinski definition) is 6. The summed E-state index contributed by atoms with van der Waals surface area (Å²) in [7, 11) is 1.72. The molecule has 3 rings (SSSR count). The minimum atomic E-state index is -0.336. The van der Waals surface area contributed by atoms with Gasteiger partial charge in [0.15, 0.2) is 5.13 Å². The Morgan fingerprint density at radius 2 is 1.58 bits per heavy atom. The molecule has 2 atom stereocenters. The van der Waals surface area contributed by atoms with Gasteiger partial charge in [-0.25, -0.2) is 4.98 Å². The van der Waals surface area contributed by atoms with Crippen molar-refractivity contribution >= 4 is 28.3 Å². The number of nitrogens with one attached hydrogen (secondary N) is 1. The van der Waals surface area contributed by atoms with E-state index in [0.717, 1.165) is 34.2 Å². The number of hydrogen-bond donors (Lipinski definition) is 1. The number of carbonyl (C=O) groups excluding carboxylic acids is 2. The van der Waals surface area contributed by atoms with Crippen LogP contribution in [-0.2, 0) is 16.1 Å². The molecule has 166 valence electrons. The molecule has 0 radical (unpaired) electrons. The Morgan fingerprint density at radius 1 is 1.03 bits per heavy atom. The van der Waals surface area contributed by atoms with Crippen molar-refractivity contribution < 1.29 is 18.4 Å². The van der Waals surface area contributed by atoms with Crippen LogP contribution in [0.4, 0.5) is 5.13 Å². The summed E-state index contributed by atoms with van der Waals surface area (Å²) in [4.78, 5) is 31.6. The van der Waals surface area contributed by atoms with E-state index in [2.05, 4.69) is 10.3 Å². The Kier molecular flexibility index (Phi) is 6.69. The van der Waals surface area contributed by atoms with Gasteiger partial charge in [-0.05, 0) is 53.7 Å². The molecule has 31 heavy (non-hydrogen) atoms. The first kappa shape index (κ1) is 22.8. The van der Waals surface area contributed by atoms with Crippen LogP contribution >= 0.6 is 11.3 Å². The number of amides is 2.